The normalized spacial score (nSPS) is 13.4. The van der Waals surface area contributed by atoms with E-state index >= 15 is 0 Å². The van der Waals surface area contributed by atoms with Crippen LogP contribution in [0.4, 0.5) is 0 Å². The Hall–Kier alpha value is -1.02. The highest BCUT2D eigenvalue weighted by Gasteiger charge is 2.27. The fourth-order valence-electron chi connectivity index (χ4n) is 2.27. The Morgan fingerprint density at radius 3 is 2.39 bits per heavy atom. The van der Waals surface area contributed by atoms with E-state index in [2.05, 4.69) is 58.1 Å². The Morgan fingerprint density at radius 1 is 1.22 bits per heavy atom. The van der Waals surface area contributed by atoms with Crippen LogP contribution < -0.4 is 10.1 Å². The number of rotatable bonds is 5. The van der Waals surface area contributed by atoms with Crippen molar-refractivity contribution in [2.24, 2.45) is 5.41 Å². The Labute approximate surface area is 112 Å². The Kier molecular flexibility index (Phi) is 5.21. The van der Waals surface area contributed by atoms with Gasteiger partial charge < -0.3 is 10.1 Å². The van der Waals surface area contributed by atoms with Crippen molar-refractivity contribution in [1.29, 1.82) is 0 Å². The molecule has 0 aliphatic rings. The molecule has 0 aromatic heterocycles. The monoisotopic (exact) mass is 249 g/mol. The highest BCUT2D eigenvalue weighted by molar-refractivity contribution is 5.40. The van der Waals surface area contributed by atoms with Gasteiger partial charge in [0.1, 0.15) is 5.75 Å². The van der Waals surface area contributed by atoms with Gasteiger partial charge in [-0.05, 0) is 31.9 Å². The van der Waals surface area contributed by atoms with Gasteiger partial charge in [-0.25, -0.2) is 0 Å². The molecule has 0 aliphatic heterocycles. The summed E-state index contributed by atoms with van der Waals surface area (Å²) in [5.41, 5.74) is 2.71. The van der Waals surface area contributed by atoms with Crippen LogP contribution in [0.5, 0.6) is 5.75 Å². The molecule has 0 saturated heterocycles. The molecule has 102 valence electrons. The summed E-state index contributed by atoms with van der Waals surface area (Å²) in [6, 6.07) is 6.75. The minimum absolute atomic E-state index is 0.162. The van der Waals surface area contributed by atoms with Crippen LogP contribution in [-0.4, -0.2) is 13.2 Å². The summed E-state index contributed by atoms with van der Waals surface area (Å²) in [5.74, 6) is 1.00. The first-order chi connectivity index (χ1) is 8.40. The lowest BCUT2D eigenvalue weighted by Gasteiger charge is -2.33. The molecule has 2 heteroatoms. The Bertz CT molecular complexity index is 379. The van der Waals surface area contributed by atoms with E-state index in [4.69, 9.17) is 4.74 Å². The lowest BCUT2D eigenvalue weighted by molar-refractivity contribution is 0.261. The van der Waals surface area contributed by atoms with Crippen LogP contribution in [0.15, 0.2) is 18.2 Å². The van der Waals surface area contributed by atoms with Crippen molar-refractivity contribution in [1.82, 2.24) is 5.32 Å². The van der Waals surface area contributed by atoms with Crippen molar-refractivity contribution < 1.29 is 4.74 Å². The minimum atomic E-state index is 0.162. The molecule has 0 aliphatic carbocycles. The van der Waals surface area contributed by atoms with Crippen molar-refractivity contribution in [3.8, 4) is 5.75 Å². The number of aryl methyl sites for hydroxylation is 1. The standard InChI is InChI=1S/C16H27NO/c1-7-17-15(16(4,5)6)13-11-12(3)9-10-14(13)18-8-2/h9-11,15,17H,7-8H2,1-6H3. The van der Waals surface area contributed by atoms with E-state index in [9.17, 15) is 0 Å². The van der Waals surface area contributed by atoms with Crippen LogP contribution in [0.25, 0.3) is 0 Å². The van der Waals surface area contributed by atoms with Crippen molar-refractivity contribution in [2.75, 3.05) is 13.2 Å². The third-order valence-electron chi connectivity index (χ3n) is 3.05. The van der Waals surface area contributed by atoms with Gasteiger partial charge in [0.2, 0.25) is 0 Å². The van der Waals surface area contributed by atoms with Crippen LogP contribution in [0.2, 0.25) is 0 Å². The summed E-state index contributed by atoms with van der Waals surface area (Å²) >= 11 is 0. The summed E-state index contributed by atoms with van der Waals surface area (Å²) in [4.78, 5) is 0. The van der Waals surface area contributed by atoms with Gasteiger partial charge in [0.25, 0.3) is 0 Å². The van der Waals surface area contributed by atoms with Crippen molar-refractivity contribution in [2.45, 2.75) is 47.6 Å². The van der Waals surface area contributed by atoms with Gasteiger partial charge in [-0.15, -0.1) is 0 Å². The second-order valence-electron chi connectivity index (χ2n) is 5.83. The molecule has 0 spiro atoms. The molecule has 1 atom stereocenters. The molecule has 0 radical (unpaired) electrons. The van der Waals surface area contributed by atoms with Gasteiger partial charge in [-0.1, -0.05) is 45.4 Å². The molecule has 0 saturated carbocycles. The molecule has 0 amide bonds. The zero-order valence-electron chi connectivity index (χ0n) is 12.6. The predicted molar refractivity (Wildman–Crippen MR) is 78.2 cm³/mol. The third-order valence-corrected chi connectivity index (χ3v) is 3.05. The second kappa shape index (κ2) is 6.24. The topological polar surface area (TPSA) is 21.3 Å². The molecule has 0 fully saturated rings. The maximum Gasteiger partial charge on any atom is 0.124 e. The van der Waals surface area contributed by atoms with E-state index in [0.29, 0.717) is 12.6 Å². The molecule has 0 heterocycles. The molecule has 1 aromatic rings. The zero-order chi connectivity index (χ0) is 13.8. The smallest absolute Gasteiger partial charge is 0.124 e. The van der Waals surface area contributed by atoms with Crippen molar-refractivity contribution in [3.63, 3.8) is 0 Å². The quantitative estimate of drug-likeness (QED) is 0.848. The molecule has 18 heavy (non-hydrogen) atoms. The van der Waals surface area contributed by atoms with Crippen LogP contribution in [0.3, 0.4) is 0 Å². The highest BCUT2D eigenvalue weighted by Crippen LogP contribution is 2.37. The van der Waals surface area contributed by atoms with Crippen molar-refractivity contribution in [3.05, 3.63) is 29.3 Å². The molecular weight excluding hydrogens is 222 g/mol. The fourth-order valence-corrected chi connectivity index (χ4v) is 2.27. The first-order valence-corrected chi connectivity index (χ1v) is 6.86. The Balaban J connectivity index is 3.20. The van der Waals surface area contributed by atoms with E-state index in [1.165, 1.54) is 11.1 Å². The molecule has 1 rings (SSSR count). The number of benzene rings is 1. The lowest BCUT2D eigenvalue weighted by Crippen LogP contribution is -2.32. The summed E-state index contributed by atoms with van der Waals surface area (Å²) < 4.78 is 5.77. The van der Waals surface area contributed by atoms with Gasteiger partial charge in [-0.2, -0.15) is 0 Å². The number of hydrogen-bond acceptors (Lipinski definition) is 2. The third kappa shape index (κ3) is 3.74. The van der Waals surface area contributed by atoms with Crippen LogP contribution in [-0.2, 0) is 0 Å². The summed E-state index contributed by atoms with van der Waals surface area (Å²) in [5, 5.41) is 3.58. The van der Waals surface area contributed by atoms with E-state index in [1.807, 2.05) is 6.92 Å². The van der Waals surface area contributed by atoms with Gasteiger partial charge >= 0.3 is 0 Å². The maximum atomic E-state index is 5.77. The first kappa shape index (κ1) is 15.0. The molecule has 0 bridgehead atoms. The van der Waals surface area contributed by atoms with Crippen LogP contribution >= 0.6 is 0 Å². The molecule has 2 nitrogen and oxygen atoms in total. The number of nitrogens with one attached hydrogen (secondary N) is 1. The number of hydrogen-bond donors (Lipinski definition) is 1. The molecule has 1 aromatic carbocycles. The lowest BCUT2D eigenvalue weighted by atomic mass is 9.81. The largest absolute Gasteiger partial charge is 0.494 e. The zero-order valence-corrected chi connectivity index (χ0v) is 12.6. The van der Waals surface area contributed by atoms with E-state index in [0.717, 1.165) is 12.3 Å². The molecule has 1 N–H and O–H groups in total. The maximum absolute atomic E-state index is 5.77. The van der Waals surface area contributed by atoms with Gasteiger partial charge in [0, 0.05) is 11.6 Å². The SMILES string of the molecule is CCNC(c1cc(C)ccc1OCC)C(C)(C)C. The fraction of sp³-hybridized carbons (Fsp3) is 0.625. The first-order valence-electron chi connectivity index (χ1n) is 6.86. The summed E-state index contributed by atoms with van der Waals surface area (Å²) in [6.45, 7) is 14.8. The van der Waals surface area contributed by atoms with Gasteiger partial charge in [0.15, 0.2) is 0 Å². The average molecular weight is 249 g/mol. The second-order valence-corrected chi connectivity index (χ2v) is 5.83. The molecule has 1 unspecified atom stereocenters. The minimum Gasteiger partial charge on any atom is -0.494 e. The van der Waals surface area contributed by atoms with Gasteiger partial charge in [-0.3, -0.25) is 0 Å². The van der Waals surface area contributed by atoms with Crippen molar-refractivity contribution >= 4 is 0 Å². The average Bonchev–Trinajstić information content (AvgIpc) is 2.27. The van der Waals surface area contributed by atoms with E-state index < -0.39 is 0 Å². The molecular formula is C16H27NO. The van der Waals surface area contributed by atoms with Gasteiger partial charge in [0.05, 0.1) is 6.61 Å². The number of ether oxygens (including phenoxy) is 1. The summed E-state index contributed by atoms with van der Waals surface area (Å²) in [6.07, 6.45) is 0. The predicted octanol–water partition coefficient (Wildman–Crippen LogP) is 4.09. The van der Waals surface area contributed by atoms with Crippen LogP contribution in [0.1, 0.15) is 51.8 Å². The summed E-state index contributed by atoms with van der Waals surface area (Å²) in [7, 11) is 0. The highest BCUT2D eigenvalue weighted by atomic mass is 16.5. The van der Waals surface area contributed by atoms with E-state index in [-0.39, 0.29) is 5.41 Å². The van der Waals surface area contributed by atoms with Crippen LogP contribution in [0, 0.1) is 12.3 Å². The van der Waals surface area contributed by atoms with E-state index in [1.54, 1.807) is 0 Å². The Morgan fingerprint density at radius 2 is 1.89 bits per heavy atom.